The summed E-state index contributed by atoms with van der Waals surface area (Å²) in [5, 5.41) is 9.29. The Hall–Kier alpha value is -2.77. The zero-order valence-corrected chi connectivity index (χ0v) is 15.0. The fourth-order valence-corrected chi connectivity index (χ4v) is 4.18. The van der Waals surface area contributed by atoms with Crippen molar-refractivity contribution in [1.82, 2.24) is 14.8 Å². The topological polar surface area (TPSA) is 73.8 Å². The smallest absolute Gasteiger partial charge is 0.180 e. The van der Waals surface area contributed by atoms with Crippen LogP contribution in [0, 0.1) is 0 Å². The summed E-state index contributed by atoms with van der Waals surface area (Å²) in [5.41, 5.74) is 9.25. The van der Waals surface area contributed by atoms with Crippen molar-refractivity contribution in [3.63, 3.8) is 0 Å². The van der Waals surface area contributed by atoms with Gasteiger partial charge in [-0.2, -0.15) is 5.10 Å². The number of Topliss-reactive ketones (excluding diaryl/α,β-unsaturated/α-hetero) is 1. The molecule has 0 saturated carbocycles. The van der Waals surface area contributed by atoms with Crippen molar-refractivity contribution in [3.05, 3.63) is 58.9 Å². The number of carbonyl (C=O) groups excluding carboxylic acids is 1. The lowest BCUT2D eigenvalue weighted by molar-refractivity contribution is 0.101. The largest absolute Gasteiger partial charge is 0.395 e. The highest BCUT2D eigenvalue weighted by atomic mass is 32.1. The quantitative estimate of drug-likeness (QED) is 0.539. The van der Waals surface area contributed by atoms with Crippen molar-refractivity contribution >= 4 is 34.1 Å². The molecule has 4 rings (SSSR count). The summed E-state index contributed by atoms with van der Waals surface area (Å²) in [6, 6.07) is 13.5. The van der Waals surface area contributed by atoms with Gasteiger partial charge < -0.3 is 5.73 Å². The fraction of sp³-hybridized carbons (Fsp3) is 0.0556. The highest BCUT2D eigenvalue weighted by Gasteiger charge is 2.23. The van der Waals surface area contributed by atoms with Gasteiger partial charge in [0.2, 0.25) is 0 Å². The number of para-hydroxylation sites is 1. The van der Waals surface area contributed by atoms with Gasteiger partial charge in [0.15, 0.2) is 5.78 Å². The van der Waals surface area contributed by atoms with Gasteiger partial charge in [0, 0.05) is 12.3 Å². The first-order chi connectivity index (χ1) is 12.1. The monoisotopic (exact) mass is 366 g/mol. The lowest BCUT2D eigenvalue weighted by atomic mass is 10.2. The number of nitrogens with two attached hydrogens (primary N) is 1. The van der Waals surface area contributed by atoms with E-state index in [0.717, 1.165) is 16.3 Å². The molecule has 0 atom stereocenters. The van der Waals surface area contributed by atoms with Gasteiger partial charge in [-0.05, 0) is 23.6 Å². The molecule has 0 fully saturated rings. The molecule has 3 aromatic heterocycles. The highest BCUT2D eigenvalue weighted by molar-refractivity contribution is 7.15. The molecular formula is C18H14N4OS2. The van der Waals surface area contributed by atoms with Crippen molar-refractivity contribution in [1.29, 1.82) is 0 Å². The normalized spacial score (nSPS) is 10.9. The Kier molecular flexibility index (Phi) is 3.95. The number of thiazole rings is 1. The molecule has 7 heteroatoms. The molecule has 3 heterocycles. The number of hydrogen-bond donors (Lipinski definition) is 1. The average molecular weight is 366 g/mol. The number of anilines is 1. The van der Waals surface area contributed by atoms with Crippen LogP contribution in [-0.2, 0) is 0 Å². The van der Waals surface area contributed by atoms with E-state index in [1.54, 1.807) is 16.0 Å². The Morgan fingerprint density at radius 3 is 2.60 bits per heavy atom. The Balaban J connectivity index is 1.85. The summed E-state index contributed by atoms with van der Waals surface area (Å²) in [5.74, 6) is -0.130. The van der Waals surface area contributed by atoms with Crippen LogP contribution in [0.2, 0.25) is 0 Å². The van der Waals surface area contributed by atoms with Gasteiger partial charge in [-0.15, -0.1) is 22.7 Å². The van der Waals surface area contributed by atoms with E-state index in [1.807, 2.05) is 53.2 Å². The predicted molar refractivity (Wildman–Crippen MR) is 102 cm³/mol. The number of nitrogens with zero attached hydrogens (tertiary/aromatic N) is 3. The van der Waals surface area contributed by atoms with E-state index >= 15 is 0 Å². The van der Waals surface area contributed by atoms with E-state index in [0.29, 0.717) is 22.1 Å². The molecule has 1 aromatic carbocycles. The number of ketones is 1. The third-order valence-corrected chi connectivity index (χ3v) is 5.48. The molecule has 0 radical (unpaired) electrons. The second-order valence-electron chi connectivity index (χ2n) is 5.43. The summed E-state index contributed by atoms with van der Waals surface area (Å²) < 4.78 is 1.60. The van der Waals surface area contributed by atoms with Gasteiger partial charge in [0.05, 0.1) is 21.9 Å². The molecule has 4 aromatic rings. The molecule has 25 heavy (non-hydrogen) atoms. The summed E-state index contributed by atoms with van der Waals surface area (Å²) in [6.45, 7) is 1.50. The van der Waals surface area contributed by atoms with Crippen LogP contribution in [0.3, 0.4) is 0 Å². The lowest BCUT2D eigenvalue weighted by Gasteiger charge is -2.04. The molecule has 0 bridgehead atoms. The predicted octanol–water partition coefficient (Wildman–Crippen LogP) is 4.51. The molecule has 5 nitrogen and oxygen atoms in total. The molecule has 0 aliphatic heterocycles. The SMILES string of the molecule is CC(=O)c1c(N)c(-c2nc(-c3cccs3)cs2)nn1-c1ccccc1. The zero-order chi connectivity index (χ0) is 17.4. The third-order valence-electron chi connectivity index (χ3n) is 3.74. The fourth-order valence-electron chi connectivity index (χ4n) is 2.60. The van der Waals surface area contributed by atoms with Gasteiger partial charge in [-0.3, -0.25) is 4.79 Å². The number of thiophene rings is 1. The molecule has 0 unspecified atom stereocenters. The van der Waals surface area contributed by atoms with Crippen molar-refractivity contribution in [2.45, 2.75) is 6.92 Å². The van der Waals surface area contributed by atoms with Crippen LogP contribution in [0.1, 0.15) is 17.4 Å². The summed E-state index contributed by atoms with van der Waals surface area (Å²) in [4.78, 5) is 17.9. The minimum absolute atomic E-state index is 0.130. The molecule has 0 aliphatic carbocycles. The van der Waals surface area contributed by atoms with Gasteiger partial charge in [-0.1, -0.05) is 24.3 Å². The van der Waals surface area contributed by atoms with Crippen LogP contribution in [0.25, 0.3) is 27.0 Å². The first kappa shape index (κ1) is 15.7. The first-order valence-electron chi connectivity index (χ1n) is 7.60. The van der Waals surface area contributed by atoms with Gasteiger partial charge in [0.25, 0.3) is 0 Å². The van der Waals surface area contributed by atoms with Crippen molar-refractivity contribution in [2.24, 2.45) is 0 Å². The maximum Gasteiger partial charge on any atom is 0.180 e. The lowest BCUT2D eigenvalue weighted by Crippen LogP contribution is -2.07. The number of carbonyl (C=O) groups is 1. The zero-order valence-electron chi connectivity index (χ0n) is 13.3. The Bertz CT molecular complexity index is 1030. The number of aromatic nitrogens is 3. The van der Waals surface area contributed by atoms with E-state index < -0.39 is 0 Å². The van der Waals surface area contributed by atoms with E-state index in [1.165, 1.54) is 18.3 Å². The van der Waals surface area contributed by atoms with Crippen LogP contribution in [0.5, 0.6) is 0 Å². The molecule has 124 valence electrons. The average Bonchev–Trinajstić information content (AvgIpc) is 3.34. The number of nitrogen functional groups attached to an aromatic ring is 1. The van der Waals surface area contributed by atoms with E-state index in [9.17, 15) is 4.79 Å². The molecule has 0 saturated heterocycles. The van der Waals surface area contributed by atoms with Crippen LogP contribution >= 0.6 is 22.7 Å². The minimum Gasteiger partial charge on any atom is -0.395 e. The summed E-state index contributed by atoms with van der Waals surface area (Å²) >= 11 is 3.10. The van der Waals surface area contributed by atoms with Crippen LogP contribution in [0.15, 0.2) is 53.2 Å². The standard InChI is InChI=1S/C18H14N4OS2/c1-11(23)17-15(19)16(21-22(17)12-6-3-2-4-7-12)18-20-13(10-25-18)14-8-5-9-24-14/h2-10H,19H2,1H3. The van der Waals surface area contributed by atoms with Crippen LogP contribution in [0.4, 0.5) is 5.69 Å². The third kappa shape index (κ3) is 2.77. The highest BCUT2D eigenvalue weighted by Crippen LogP contribution is 2.35. The van der Waals surface area contributed by atoms with Crippen molar-refractivity contribution in [3.8, 4) is 27.0 Å². The Morgan fingerprint density at radius 1 is 1.12 bits per heavy atom. The second-order valence-corrected chi connectivity index (χ2v) is 7.24. The molecule has 0 aliphatic rings. The molecule has 0 amide bonds. The Labute approximate surface area is 152 Å². The first-order valence-corrected chi connectivity index (χ1v) is 9.35. The minimum atomic E-state index is -0.130. The summed E-state index contributed by atoms with van der Waals surface area (Å²) in [6.07, 6.45) is 0. The molecular weight excluding hydrogens is 352 g/mol. The summed E-state index contributed by atoms with van der Waals surface area (Å²) in [7, 11) is 0. The number of hydrogen-bond acceptors (Lipinski definition) is 6. The van der Waals surface area contributed by atoms with E-state index in [-0.39, 0.29) is 5.78 Å². The number of rotatable bonds is 4. The van der Waals surface area contributed by atoms with Gasteiger partial charge in [-0.25, -0.2) is 9.67 Å². The molecule has 0 spiro atoms. The maximum absolute atomic E-state index is 12.1. The Morgan fingerprint density at radius 2 is 1.92 bits per heavy atom. The van der Waals surface area contributed by atoms with E-state index in [4.69, 9.17) is 5.73 Å². The molecule has 2 N–H and O–H groups in total. The second kappa shape index (κ2) is 6.27. The van der Waals surface area contributed by atoms with E-state index in [2.05, 4.69) is 10.1 Å². The van der Waals surface area contributed by atoms with Crippen molar-refractivity contribution < 1.29 is 4.79 Å². The van der Waals surface area contributed by atoms with Crippen LogP contribution in [-0.4, -0.2) is 20.5 Å². The van der Waals surface area contributed by atoms with Gasteiger partial charge >= 0.3 is 0 Å². The van der Waals surface area contributed by atoms with Crippen LogP contribution < -0.4 is 5.73 Å². The number of benzene rings is 1. The van der Waals surface area contributed by atoms with Crippen molar-refractivity contribution in [2.75, 3.05) is 5.73 Å². The van der Waals surface area contributed by atoms with Gasteiger partial charge in [0.1, 0.15) is 16.4 Å². The maximum atomic E-state index is 12.1.